The smallest absolute Gasteiger partial charge is 0.278 e. The van der Waals surface area contributed by atoms with Gasteiger partial charge in [-0.2, -0.15) is 0 Å². The van der Waals surface area contributed by atoms with Crippen LogP contribution in [0.3, 0.4) is 0 Å². The largest absolute Gasteiger partial charge is 0.464 e. The van der Waals surface area contributed by atoms with Crippen LogP contribution in [-0.4, -0.2) is 79.3 Å². The molecule has 1 aromatic carbocycles. The highest BCUT2D eigenvalue weighted by Crippen LogP contribution is 2.50. The van der Waals surface area contributed by atoms with E-state index in [0.717, 1.165) is 7.11 Å². The van der Waals surface area contributed by atoms with Gasteiger partial charge in [-0.25, -0.2) is 0 Å². The van der Waals surface area contributed by atoms with Gasteiger partial charge in [0.25, 0.3) is 11.5 Å². The monoisotopic (exact) mass is 475 g/mol. The molecule has 10 nitrogen and oxygen atoms in total. The summed E-state index contributed by atoms with van der Waals surface area (Å²) in [5.41, 5.74) is -4.46. The molecule has 0 radical (unpaired) electrons. The minimum Gasteiger partial charge on any atom is -0.464 e. The van der Waals surface area contributed by atoms with Crippen molar-refractivity contribution < 1.29 is 43.2 Å². The fourth-order valence-corrected chi connectivity index (χ4v) is 5.06. The minimum absolute atomic E-state index is 0.0359. The number of benzene rings is 1. The van der Waals surface area contributed by atoms with Crippen LogP contribution < -0.4 is 5.32 Å². The van der Waals surface area contributed by atoms with Crippen LogP contribution in [0, 0.1) is 0 Å². The third-order valence-electron chi connectivity index (χ3n) is 6.99. The minimum atomic E-state index is -2.44. The second-order valence-electron chi connectivity index (χ2n) is 8.61. The summed E-state index contributed by atoms with van der Waals surface area (Å²) in [6.45, 7) is 3.38. The van der Waals surface area contributed by atoms with E-state index in [0.29, 0.717) is 6.42 Å². The Balaban J connectivity index is 1.74. The molecular weight excluding hydrogens is 446 g/mol. The number of ether oxygens (including phenoxy) is 5. The maximum atomic E-state index is 13.5. The molecule has 6 atom stereocenters. The number of carbonyl (C=O) groups excluding carboxylic acids is 3. The zero-order valence-electron chi connectivity index (χ0n) is 19.7. The van der Waals surface area contributed by atoms with Crippen molar-refractivity contribution in [2.24, 2.45) is 0 Å². The number of carbonyl (C=O) groups is 3. The van der Waals surface area contributed by atoms with Gasteiger partial charge in [0, 0.05) is 38.9 Å². The summed E-state index contributed by atoms with van der Waals surface area (Å²) >= 11 is 0. The Morgan fingerprint density at radius 2 is 1.85 bits per heavy atom. The summed E-state index contributed by atoms with van der Waals surface area (Å²) in [7, 11) is 4.10. The molecule has 1 spiro atoms. The molecule has 2 N–H and O–H groups in total. The molecule has 0 saturated carbocycles. The van der Waals surface area contributed by atoms with Crippen molar-refractivity contribution in [3.63, 3.8) is 0 Å². The molecule has 2 fully saturated rings. The Bertz CT molecular complexity index is 1030. The van der Waals surface area contributed by atoms with Crippen LogP contribution in [0.4, 0.5) is 0 Å². The van der Waals surface area contributed by atoms with Crippen molar-refractivity contribution >= 4 is 17.5 Å². The molecule has 2 saturated heterocycles. The first kappa shape index (κ1) is 24.5. The lowest BCUT2D eigenvalue weighted by Crippen LogP contribution is -2.60. The van der Waals surface area contributed by atoms with E-state index in [1.54, 1.807) is 25.3 Å². The van der Waals surface area contributed by atoms with E-state index in [-0.39, 0.29) is 35.5 Å². The molecule has 3 aliphatic heterocycles. The van der Waals surface area contributed by atoms with Gasteiger partial charge < -0.3 is 34.1 Å². The molecule has 0 aliphatic carbocycles. The first-order valence-corrected chi connectivity index (χ1v) is 11.0. The maximum absolute atomic E-state index is 13.5. The summed E-state index contributed by atoms with van der Waals surface area (Å²) in [6, 6.07) is 8.01. The highest BCUT2D eigenvalue weighted by atomic mass is 16.7. The first-order valence-electron chi connectivity index (χ1n) is 11.0. The van der Waals surface area contributed by atoms with Crippen LogP contribution >= 0.6 is 0 Å². The summed E-state index contributed by atoms with van der Waals surface area (Å²) in [6.07, 6.45) is -1.89. The lowest BCUT2D eigenvalue weighted by Gasteiger charge is -2.34. The summed E-state index contributed by atoms with van der Waals surface area (Å²) < 4.78 is 28.7. The Hall–Kier alpha value is -2.63. The third-order valence-corrected chi connectivity index (χ3v) is 6.99. The van der Waals surface area contributed by atoms with Crippen molar-refractivity contribution in [3.8, 4) is 0 Å². The highest BCUT2D eigenvalue weighted by molar-refractivity contribution is 6.23. The molecule has 1 aromatic rings. The molecule has 3 heterocycles. The third kappa shape index (κ3) is 3.10. The van der Waals surface area contributed by atoms with Crippen LogP contribution in [0.2, 0.25) is 0 Å². The number of hydrogen-bond acceptors (Lipinski definition) is 9. The van der Waals surface area contributed by atoms with Crippen molar-refractivity contribution in [3.05, 3.63) is 47.2 Å². The van der Waals surface area contributed by atoms with Crippen LogP contribution in [0.1, 0.15) is 37.0 Å². The summed E-state index contributed by atoms with van der Waals surface area (Å²) in [5, 5.41) is 13.8. The van der Waals surface area contributed by atoms with E-state index in [1.807, 2.05) is 6.92 Å². The Kier molecular flexibility index (Phi) is 6.16. The van der Waals surface area contributed by atoms with Gasteiger partial charge in [0.2, 0.25) is 23.1 Å². The molecule has 34 heavy (non-hydrogen) atoms. The number of aliphatic hydroxyl groups is 1. The number of ketones is 2. The van der Waals surface area contributed by atoms with Gasteiger partial charge >= 0.3 is 0 Å². The maximum Gasteiger partial charge on any atom is 0.278 e. The fourth-order valence-electron chi connectivity index (χ4n) is 5.06. The number of amides is 1. The van der Waals surface area contributed by atoms with Crippen LogP contribution in [0.5, 0.6) is 0 Å². The van der Waals surface area contributed by atoms with Gasteiger partial charge in [0.05, 0.1) is 12.2 Å². The van der Waals surface area contributed by atoms with E-state index >= 15 is 0 Å². The van der Waals surface area contributed by atoms with Crippen molar-refractivity contribution in [2.75, 3.05) is 21.3 Å². The first-order chi connectivity index (χ1) is 16.2. The Labute approximate surface area is 197 Å². The van der Waals surface area contributed by atoms with E-state index < -0.39 is 40.7 Å². The quantitative estimate of drug-likeness (QED) is 0.436. The molecule has 0 unspecified atom stereocenters. The topological polar surface area (TPSA) is 130 Å². The number of hydrogen-bond donors (Lipinski definition) is 2. The van der Waals surface area contributed by atoms with Crippen molar-refractivity contribution in [2.45, 2.75) is 62.1 Å². The van der Waals surface area contributed by atoms with E-state index in [9.17, 15) is 19.5 Å². The van der Waals surface area contributed by atoms with E-state index in [4.69, 9.17) is 23.7 Å². The number of aliphatic hydroxyl groups excluding tert-OH is 1. The normalized spacial score (nSPS) is 37.4. The highest BCUT2D eigenvalue weighted by Gasteiger charge is 2.75. The van der Waals surface area contributed by atoms with E-state index in [1.165, 1.54) is 26.2 Å². The zero-order chi connectivity index (χ0) is 24.9. The summed E-state index contributed by atoms with van der Waals surface area (Å²) in [4.78, 5) is 40.2. The molecule has 4 rings (SSSR count). The zero-order valence-corrected chi connectivity index (χ0v) is 19.7. The van der Waals surface area contributed by atoms with Gasteiger partial charge in [-0.05, 0) is 13.3 Å². The number of nitrogens with one attached hydrogen (secondary N) is 1. The second-order valence-corrected chi connectivity index (χ2v) is 8.61. The molecule has 0 bridgehead atoms. The Morgan fingerprint density at radius 1 is 1.18 bits per heavy atom. The molecule has 3 aliphatic rings. The van der Waals surface area contributed by atoms with E-state index in [2.05, 4.69) is 5.32 Å². The standard InChI is InChI=1S/C24H29NO9/c1-6-15-16(30-3)12-22(31-4,33-15)19-13(2)17(26)23(34-19)20(28)24(32-5,25-21(23)29)18(27)14-10-8-7-9-11-14/h7-11,15-16,20,28H,6,12H2,1-5H3,(H,25,29)/t15-,16-,20+,22+,23+,24+/m0/s1. The average molecular weight is 475 g/mol. The SMILES string of the molecule is CC[C@@H]1O[C@@](OC)(C2=C(C)C(=O)[C@]3(O2)C(=O)N[C@@](OC)(C(=O)c2ccccc2)[C@@H]3O)C[C@@H]1OC. The van der Waals surface area contributed by atoms with Gasteiger partial charge in [-0.15, -0.1) is 0 Å². The number of Topliss-reactive ketones (excluding diaryl/α,β-unsaturated/α-hetero) is 2. The van der Waals surface area contributed by atoms with Gasteiger partial charge in [-0.3, -0.25) is 14.4 Å². The van der Waals surface area contributed by atoms with Crippen molar-refractivity contribution in [1.29, 1.82) is 0 Å². The fraction of sp³-hybridized carbons (Fsp3) is 0.542. The van der Waals surface area contributed by atoms with Crippen molar-refractivity contribution in [1.82, 2.24) is 5.32 Å². The molecule has 184 valence electrons. The average Bonchev–Trinajstić information content (AvgIpc) is 3.45. The van der Waals surface area contributed by atoms with Crippen LogP contribution in [-0.2, 0) is 33.3 Å². The molecule has 1 amide bonds. The molecule has 10 heteroatoms. The van der Waals surface area contributed by atoms with Gasteiger partial charge in [0.15, 0.2) is 11.9 Å². The number of rotatable bonds is 7. The van der Waals surface area contributed by atoms with Crippen LogP contribution in [0.25, 0.3) is 0 Å². The number of methoxy groups -OCH3 is 3. The summed E-state index contributed by atoms with van der Waals surface area (Å²) in [5.74, 6) is -4.07. The lowest BCUT2D eigenvalue weighted by atomic mass is 9.85. The Morgan fingerprint density at radius 3 is 2.38 bits per heavy atom. The molecule has 0 aromatic heterocycles. The van der Waals surface area contributed by atoms with Gasteiger partial charge in [0.1, 0.15) is 0 Å². The molecular formula is C24H29NO9. The lowest BCUT2D eigenvalue weighted by molar-refractivity contribution is -0.221. The second kappa shape index (κ2) is 8.54. The van der Waals surface area contributed by atoms with Gasteiger partial charge in [-0.1, -0.05) is 37.3 Å². The predicted molar refractivity (Wildman–Crippen MR) is 117 cm³/mol. The predicted octanol–water partition coefficient (Wildman–Crippen LogP) is 0.871. The van der Waals surface area contributed by atoms with Crippen LogP contribution in [0.15, 0.2) is 41.7 Å².